The fourth-order valence-corrected chi connectivity index (χ4v) is 4.02. The van der Waals surface area contributed by atoms with Crippen LogP contribution in [0.5, 0.6) is 0 Å². The first-order valence-electron chi connectivity index (χ1n) is 10.6. The monoisotopic (exact) mass is 474 g/mol. The zero-order valence-corrected chi connectivity index (χ0v) is 19.3. The zero-order valence-electron chi connectivity index (χ0n) is 18.5. The number of halogens is 1. The van der Waals surface area contributed by atoms with E-state index in [0.29, 0.717) is 28.5 Å². The summed E-state index contributed by atoms with van der Waals surface area (Å²) < 4.78 is 15.5. The maximum atomic E-state index is 13.7. The summed E-state index contributed by atoms with van der Waals surface area (Å²) in [6, 6.07) is 21.5. The van der Waals surface area contributed by atoms with Crippen LogP contribution >= 0.6 is 11.8 Å². The van der Waals surface area contributed by atoms with Gasteiger partial charge in [-0.3, -0.25) is 14.2 Å². The summed E-state index contributed by atoms with van der Waals surface area (Å²) in [6.45, 7) is 2.13. The number of nitrogens with one attached hydrogen (secondary N) is 2. The van der Waals surface area contributed by atoms with Crippen molar-refractivity contribution in [1.82, 2.24) is 14.9 Å². The summed E-state index contributed by atoms with van der Waals surface area (Å²) in [5.74, 6) is -0.654. The number of hydrogen-bond acceptors (Lipinski definition) is 4. The molecule has 2 N–H and O–H groups in total. The Kier molecular flexibility index (Phi) is 7.39. The minimum atomic E-state index is -0.363. The molecule has 3 aromatic carbocycles. The van der Waals surface area contributed by atoms with Crippen LogP contribution in [0.3, 0.4) is 0 Å². The predicted octanol–water partition coefficient (Wildman–Crippen LogP) is 4.98. The topological polar surface area (TPSA) is 76.0 Å². The molecule has 8 heteroatoms. The van der Waals surface area contributed by atoms with Crippen molar-refractivity contribution in [3.63, 3.8) is 0 Å². The number of thioether (sulfide) groups is 1. The van der Waals surface area contributed by atoms with Crippen molar-refractivity contribution in [2.24, 2.45) is 0 Å². The molecule has 0 bridgehead atoms. The van der Waals surface area contributed by atoms with Gasteiger partial charge in [-0.15, -0.1) is 0 Å². The van der Waals surface area contributed by atoms with Crippen LogP contribution in [0.1, 0.15) is 21.5 Å². The summed E-state index contributed by atoms with van der Waals surface area (Å²) in [6.07, 6.45) is 3.44. The first-order chi connectivity index (χ1) is 16.5. The van der Waals surface area contributed by atoms with Crippen LogP contribution in [0.2, 0.25) is 0 Å². The van der Waals surface area contributed by atoms with Crippen LogP contribution in [0.25, 0.3) is 5.69 Å². The number of aryl methyl sites for hydroxylation is 1. The van der Waals surface area contributed by atoms with Gasteiger partial charge in [-0.2, -0.15) is 0 Å². The van der Waals surface area contributed by atoms with E-state index in [2.05, 4.69) is 15.6 Å². The standard InChI is InChI=1S/C26H23FN4O2S/c1-18-7-10-21(15-23(18)27)30-24(32)17-34-26-28-13-14-31(26)22-11-8-20(9-12-22)25(33)29-16-19-5-3-2-4-6-19/h2-15H,16-17H2,1H3,(H,29,33)(H,30,32). The second-order valence-corrected chi connectivity index (χ2v) is 8.54. The number of imidazole rings is 1. The maximum absolute atomic E-state index is 13.7. The fraction of sp³-hybridized carbons (Fsp3) is 0.115. The van der Waals surface area contributed by atoms with Crippen molar-refractivity contribution in [3.8, 4) is 5.69 Å². The van der Waals surface area contributed by atoms with E-state index in [1.807, 2.05) is 47.0 Å². The predicted molar refractivity (Wildman–Crippen MR) is 132 cm³/mol. The van der Waals surface area contributed by atoms with Crippen LogP contribution < -0.4 is 10.6 Å². The third-order valence-corrected chi connectivity index (χ3v) is 6.07. The van der Waals surface area contributed by atoms with Gasteiger partial charge in [-0.05, 0) is 54.4 Å². The number of aromatic nitrogens is 2. The van der Waals surface area contributed by atoms with Gasteiger partial charge in [0, 0.05) is 35.9 Å². The Labute approximate surface area is 201 Å². The smallest absolute Gasteiger partial charge is 0.251 e. The normalized spacial score (nSPS) is 10.6. The van der Waals surface area contributed by atoms with Gasteiger partial charge in [-0.25, -0.2) is 9.37 Å². The maximum Gasteiger partial charge on any atom is 0.251 e. The molecule has 0 fully saturated rings. The van der Waals surface area contributed by atoms with Gasteiger partial charge in [0.05, 0.1) is 5.75 Å². The van der Waals surface area contributed by atoms with E-state index in [9.17, 15) is 14.0 Å². The Morgan fingerprint density at radius 1 is 1.03 bits per heavy atom. The van der Waals surface area contributed by atoms with Crippen molar-refractivity contribution in [2.45, 2.75) is 18.6 Å². The molecule has 0 saturated carbocycles. The number of rotatable bonds is 8. The molecule has 0 radical (unpaired) electrons. The number of amides is 2. The summed E-state index contributed by atoms with van der Waals surface area (Å²) in [7, 11) is 0. The average molecular weight is 475 g/mol. The Bertz CT molecular complexity index is 1290. The molecule has 172 valence electrons. The van der Waals surface area contributed by atoms with Crippen LogP contribution in [0, 0.1) is 12.7 Å². The highest BCUT2D eigenvalue weighted by Gasteiger charge is 2.11. The van der Waals surface area contributed by atoms with Crippen LogP contribution in [0.4, 0.5) is 10.1 Å². The van der Waals surface area contributed by atoms with Crippen LogP contribution in [0.15, 0.2) is 90.3 Å². The molecule has 0 unspecified atom stereocenters. The lowest BCUT2D eigenvalue weighted by Gasteiger charge is -2.10. The molecule has 2 amide bonds. The molecule has 1 aromatic heterocycles. The molecule has 6 nitrogen and oxygen atoms in total. The summed E-state index contributed by atoms with van der Waals surface area (Å²) in [4.78, 5) is 29.1. The number of carbonyl (C=O) groups is 2. The molecule has 34 heavy (non-hydrogen) atoms. The number of anilines is 1. The first kappa shape index (κ1) is 23.3. The Morgan fingerprint density at radius 2 is 1.79 bits per heavy atom. The number of nitrogens with zero attached hydrogens (tertiary/aromatic N) is 2. The van der Waals surface area contributed by atoms with E-state index in [1.165, 1.54) is 17.8 Å². The van der Waals surface area contributed by atoms with Gasteiger partial charge in [0.1, 0.15) is 5.82 Å². The summed E-state index contributed by atoms with van der Waals surface area (Å²) >= 11 is 1.27. The average Bonchev–Trinajstić information content (AvgIpc) is 3.33. The van der Waals surface area contributed by atoms with E-state index in [0.717, 1.165) is 11.3 Å². The summed E-state index contributed by atoms with van der Waals surface area (Å²) in [5, 5.41) is 6.24. The highest BCUT2D eigenvalue weighted by Crippen LogP contribution is 2.21. The SMILES string of the molecule is Cc1ccc(NC(=O)CSc2nccn2-c2ccc(C(=O)NCc3ccccc3)cc2)cc1F. The van der Waals surface area contributed by atoms with E-state index < -0.39 is 0 Å². The Balaban J connectivity index is 1.34. The molecule has 0 aliphatic heterocycles. The molecule has 1 heterocycles. The number of benzene rings is 3. The highest BCUT2D eigenvalue weighted by molar-refractivity contribution is 7.99. The lowest BCUT2D eigenvalue weighted by atomic mass is 10.1. The first-order valence-corrected chi connectivity index (χ1v) is 11.6. The third-order valence-electron chi connectivity index (χ3n) is 5.10. The van der Waals surface area contributed by atoms with Crippen molar-refractivity contribution < 1.29 is 14.0 Å². The fourth-order valence-electron chi connectivity index (χ4n) is 3.24. The molecule has 0 atom stereocenters. The third kappa shape index (κ3) is 5.90. The largest absolute Gasteiger partial charge is 0.348 e. The van der Waals surface area contributed by atoms with Crippen molar-refractivity contribution >= 4 is 29.3 Å². The second kappa shape index (κ2) is 10.8. The van der Waals surface area contributed by atoms with E-state index in [1.54, 1.807) is 43.6 Å². The van der Waals surface area contributed by atoms with E-state index in [4.69, 9.17) is 0 Å². The molecule has 4 aromatic rings. The van der Waals surface area contributed by atoms with Crippen molar-refractivity contribution in [1.29, 1.82) is 0 Å². The molecular weight excluding hydrogens is 451 g/mol. The minimum absolute atomic E-state index is 0.118. The number of carbonyl (C=O) groups excluding carboxylic acids is 2. The van der Waals surface area contributed by atoms with Gasteiger partial charge in [0.25, 0.3) is 5.91 Å². The van der Waals surface area contributed by atoms with Gasteiger partial charge in [-0.1, -0.05) is 48.2 Å². The van der Waals surface area contributed by atoms with E-state index >= 15 is 0 Å². The van der Waals surface area contributed by atoms with Gasteiger partial charge in [0.2, 0.25) is 5.91 Å². The molecule has 0 saturated heterocycles. The highest BCUT2D eigenvalue weighted by atomic mass is 32.2. The molecular formula is C26H23FN4O2S. The minimum Gasteiger partial charge on any atom is -0.348 e. The quantitative estimate of drug-likeness (QED) is 0.353. The second-order valence-electron chi connectivity index (χ2n) is 7.60. The molecule has 0 aliphatic carbocycles. The zero-order chi connectivity index (χ0) is 23.9. The number of hydrogen-bond donors (Lipinski definition) is 2. The van der Waals surface area contributed by atoms with Gasteiger partial charge >= 0.3 is 0 Å². The molecule has 0 spiro atoms. The van der Waals surface area contributed by atoms with Gasteiger partial charge in [0.15, 0.2) is 5.16 Å². The lowest BCUT2D eigenvalue weighted by Crippen LogP contribution is -2.22. The van der Waals surface area contributed by atoms with Crippen molar-refractivity contribution in [3.05, 3.63) is 108 Å². The molecule has 4 rings (SSSR count). The van der Waals surface area contributed by atoms with E-state index in [-0.39, 0.29) is 23.4 Å². The Morgan fingerprint density at radius 3 is 2.53 bits per heavy atom. The van der Waals surface area contributed by atoms with Crippen LogP contribution in [-0.4, -0.2) is 27.1 Å². The summed E-state index contributed by atoms with van der Waals surface area (Å²) in [5.41, 5.74) is 3.34. The lowest BCUT2D eigenvalue weighted by molar-refractivity contribution is -0.113. The van der Waals surface area contributed by atoms with Gasteiger partial charge < -0.3 is 10.6 Å². The molecule has 0 aliphatic rings. The van der Waals surface area contributed by atoms with Crippen molar-refractivity contribution in [2.75, 3.05) is 11.1 Å². The van der Waals surface area contributed by atoms with Crippen LogP contribution in [-0.2, 0) is 11.3 Å². The Hall–Kier alpha value is -3.91.